The van der Waals surface area contributed by atoms with Gasteiger partial charge in [-0.05, 0) is 32.0 Å². The largest absolute Gasteiger partial charge is 0.467 e. The SMILES string of the molecule is COC(=O)C(C)(C)NC(=O)c1cccc(S(=O)(=O)N2CCNC(=O)C2)c1. The third-order valence-electron chi connectivity index (χ3n) is 3.86. The predicted octanol–water partition coefficient (Wildman–Crippen LogP) is -0.511. The van der Waals surface area contributed by atoms with Crippen molar-refractivity contribution in [1.82, 2.24) is 14.9 Å². The van der Waals surface area contributed by atoms with Gasteiger partial charge in [0.25, 0.3) is 5.91 Å². The van der Waals surface area contributed by atoms with Crippen LogP contribution in [0, 0.1) is 0 Å². The molecule has 1 aliphatic heterocycles. The van der Waals surface area contributed by atoms with Crippen molar-refractivity contribution in [3.63, 3.8) is 0 Å². The van der Waals surface area contributed by atoms with Crippen LogP contribution in [0.25, 0.3) is 0 Å². The Kier molecular flexibility index (Phi) is 5.67. The molecule has 1 heterocycles. The topological polar surface area (TPSA) is 122 Å². The van der Waals surface area contributed by atoms with Crippen LogP contribution in [0.4, 0.5) is 0 Å². The van der Waals surface area contributed by atoms with Gasteiger partial charge in [0.05, 0.1) is 18.6 Å². The highest BCUT2D eigenvalue weighted by atomic mass is 32.2. The van der Waals surface area contributed by atoms with Crippen LogP contribution >= 0.6 is 0 Å². The average molecular weight is 383 g/mol. The van der Waals surface area contributed by atoms with Crippen molar-refractivity contribution >= 4 is 27.8 Å². The van der Waals surface area contributed by atoms with Crippen LogP contribution < -0.4 is 10.6 Å². The van der Waals surface area contributed by atoms with E-state index in [9.17, 15) is 22.8 Å². The molecule has 1 fully saturated rings. The fraction of sp³-hybridized carbons (Fsp3) is 0.438. The fourth-order valence-electron chi connectivity index (χ4n) is 2.43. The number of methoxy groups -OCH3 is 1. The van der Waals surface area contributed by atoms with Crippen molar-refractivity contribution in [3.05, 3.63) is 29.8 Å². The van der Waals surface area contributed by atoms with E-state index in [0.29, 0.717) is 0 Å². The Bertz CT molecular complexity index is 834. The fourth-order valence-corrected chi connectivity index (χ4v) is 3.87. The second-order valence-electron chi connectivity index (χ2n) is 6.29. The van der Waals surface area contributed by atoms with E-state index in [1.54, 1.807) is 0 Å². The van der Waals surface area contributed by atoms with E-state index in [2.05, 4.69) is 15.4 Å². The molecule has 10 heteroatoms. The van der Waals surface area contributed by atoms with E-state index in [0.717, 1.165) is 4.31 Å². The number of nitrogens with zero attached hydrogens (tertiary/aromatic N) is 1. The van der Waals surface area contributed by atoms with Crippen LogP contribution in [0.3, 0.4) is 0 Å². The van der Waals surface area contributed by atoms with Crippen LogP contribution in [0.2, 0.25) is 0 Å². The Hall–Kier alpha value is -2.46. The molecule has 0 atom stereocenters. The molecule has 2 rings (SSSR count). The summed E-state index contributed by atoms with van der Waals surface area (Å²) in [6, 6.07) is 5.43. The molecule has 0 radical (unpaired) electrons. The summed E-state index contributed by atoms with van der Waals surface area (Å²) in [4.78, 5) is 35.4. The number of carbonyl (C=O) groups is 3. The van der Waals surface area contributed by atoms with Gasteiger partial charge in [-0.3, -0.25) is 9.59 Å². The summed E-state index contributed by atoms with van der Waals surface area (Å²) >= 11 is 0. The maximum atomic E-state index is 12.7. The Labute approximate surface area is 151 Å². The van der Waals surface area contributed by atoms with Gasteiger partial charge < -0.3 is 15.4 Å². The van der Waals surface area contributed by atoms with Crippen molar-refractivity contribution in [2.45, 2.75) is 24.3 Å². The first-order valence-corrected chi connectivity index (χ1v) is 9.30. The molecule has 2 N–H and O–H groups in total. The number of nitrogens with one attached hydrogen (secondary N) is 2. The molecule has 0 unspecified atom stereocenters. The minimum atomic E-state index is -3.91. The molecule has 0 aliphatic carbocycles. The molecule has 0 bridgehead atoms. The van der Waals surface area contributed by atoms with E-state index >= 15 is 0 Å². The summed E-state index contributed by atoms with van der Waals surface area (Å²) in [5, 5.41) is 5.06. The molecule has 142 valence electrons. The zero-order valence-corrected chi connectivity index (χ0v) is 15.6. The van der Waals surface area contributed by atoms with Gasteiger partial charge in [-0.25, -0.2) is 13.2 Å². The standard InChI is InChI=1S/C16H21N3O6S/c1-16(2,15(22)25-3)18-14(21)11-5-4-6-12(9-11)26(23,24)19-8-7-17-13(20)10-19/h4-6,9H,7-8,10H2,1-3H3,(H,17,20)(H,18,21). The van der Waals surface area contributed by atoms with Gasteiger partial charge in [-0.15, -0.1) is 0 Å². The van der Waals surface area contributed by atoms with Gasteiger partial charge in [0.2, 0.25) is 15.9 Å². The maximum absolute atomic E-state index is 12.7. The zero-order chi connectivity index (χ0) is 19.5. The number of benzene rings is 1. The Morgan fingerprint density at radius 2 is 2.00 bits per heavy atom. The van der Waals surface area contributed by atoms with Crippen molar-refractivity contribution < 1.29 is 27.5 Å². The lowest BCUT2D eigenvalue weighted by molar-refractivity contribution is -0.146. The van der Waals surface area contributed by atoms with E-state index in [-0.39, 0.29) is 36.0 Å². The van der Waals surface area contributed by atoms with Gasteiger partial charge >= 0.3 is 5.97 Å². The van der Waals surface area contributed by atoms with Crippen LogP contribution in [0.5, 0.6) is 0 Å². The van der Waals surface area contributed by atoms with Crippen molar-refractivity contribution in [2.24, 2.45) is 0 Å². The normalized spacial score (nSPS) is 15.9. The van der Waals surface area contributed by atoms with E-state index in [1.165, 1.54) is 45.2 Å². The molecule has 0 aromatic heterocycles. The first-order valence-electron chi connectivity index (χ1n) is 7.86. The lowest BCUT2D eigenvalue weighted by Crippen LogP contribution is -2.50. The summed E-state index contributed by atoms with van der Waals surface area (Å²) in [5.41, 5.74) is -1.20. The van der Waals surface area contributed by atoms with Crippen LogP contribution in [0.15, 0.2) is 29.2 Å². The smallest absolute Gasteiger partial charge is 0.330 e. The molecule has 1 aromatic carbocycles. The number of hydrogen-bond donors (Lipinski definition) is 2. The highest BCUT2D eigenvalue weighted by Gasteiger charge is 2.32. The van der Waals surface area contributed by atoms with Crippen molar-refractivity contribution in [3.8, 4) is 0 Å². The van der Waals surface area contributed by atoms with Gasteiger partial charge in [0.1, 0.15) is 5.54 Å². The molecular formula is C16H21N3O6S. The number of sulfonamides is 1. The van der Waals surface area contributed by atoms with E-state index in [4.69, 9.17) is 0 Å². The lowest BCUT2D eigenvalue weighted by Gasteiger charge is -2.26. The third-order valence-corrected chi connectivity index (χ3v) is 5.70. The lowest BCUT2D eigenvalue weighted by atomic mass is 10.1. The van der Waals surface area contributed by atoms with Gasteiger partial charge in [-0.2, -0.15) is 4.31 Å². The van der Waals surface area contributed by atoms with Crippen molar-refractivity contribution in [1.29, 1.82) is 0 Å². The average Bonchev–Trinajstić information content (AvgIpc) is 2.60. The summed E-state index contributed by atoms with van der Waals surface area (Å²) < 4.78 is 31.1. The number of hydrogen-bond acceptors (Lipinski definition) is 6. The summed E-state index contributed by atoms with van der Waals surface area (Å²) in [7, 11) is -2.71. The highest BCUT2D eigenvalue weighted by molar-refractivity contribution is 7.89. The molecular weight excluding hydrogens is 362 g/mol. The van der Waals surface area contributed by atoms with Crippen LogP contribution in [-0.2, 0) is 24.3 Å². The van der Waals surface area contributed by atoms with Gasteiger partial charge in [0.15, 0.2) is 0 Å². The van der Waals surface area contributed by atoms with Crippen LogP contribution in [-0.4, -0.2) is 62.8 Å². The number of ether oxygens (including phenoxy) is 1. The predicted molar refractivity (Wildman–Crippen MR) is 91.8 cm³/mol. The van der Waals surface area contributed by atoms with Crippen molar-refractivity contribution in [2.75, 3.05) is 26.7 Å². The molecule has 0 spiro atoms. The monoisotopic (exact) mass is 383 g/mol. The number of esters is 1. The molecule has 1 aromatic rings. The van der Waals surface area contributed by atoms with Gasteiger partial charge in [-0.1, -0.05) is 6.07 Å². The number of amides is 2. The second kappa shape index (κ2) is 7.42. The quantitative estimate of drug-likeness (QED) is 0.661. The minimum Gasteiger partial charge on any atom is -0.467 e. The Morgan fingerprint density at radius 3 is 2.62 bits per heavy atom. The Morgan fingerprint density at radius 1 is 1.31 bits per heavy atom. The Balaban J connectivity index is 2.26. The maximum Gasteiger partial charge on any atom is 0.330 e. The molecule has 0 saturated carbocycles. The summed E-state index contributed by atoms with van der Waals surface area (Å²) in [6.07, 6.45) is 0. The highest BCUT2D eigenvalue weighted by Crippen LogP contribution is 2.18. The molecule has 2 amide bonds. The van der Waals surface area contributed by atoms with Gasteiger partial charge in [0, 0.05) is 18.7 Å². The third kappa shape index (κ3) is 4.20. The minimum absolute atomic E-state index is 0.0736. The number of rotatable bonds is 5. The van der Waals surface area contributed by atoms with E-state index in [1.807, 2.05) is 0 Å². The van der Waals surface area contributed by atoms with Crippen LogP contribution in [0.1, 0.15) is 24.2 Å². The summed E-state index contributed by atoms with van der Waals surface area (Å²) in [6.45, 7) is 3.06. The molecule has 1 saturated heterocycles. The molecule has 1 aliphatic rings. The first-order chi connectivity index (χ1) is 12.1. The second-order valence-corrected chi connectivity index (χ2v) is 8.23. The first kappa shape index (κ1) is 19.9. The zero-order valence-electron chi connectivity index (χ0n) is 14.7. The number of piperazine rings is 1. The molecule has 26 heavy (non-hydrogen) atoms. The van der Waals surface area contributed by atoms with E-state index < -0.39 is 27.4 Å². The molecule has 9 nitrogen and oxygen atoms in total. The summed E-state index contributed by atoms with van der Waals surface area (Å²) in [5.74, 6) is -1.63. The number of carbonyl (C=O) groups excluding carboxylic acids is 3.